The summed E-state index contributed by atoms with van der Waals surface area (Å²) in [5, 5.41) is 16.3. The number of carbonyl (C=O) groups excluding carboxylic acids is 2. The number of aromatic nitrogens is 4. The van der Waals surface area contributed by atoms with E-state index in [1.54, 1.807) is 31.4 Å². The fraction of sp³-hybridized carbons (Fsp3) is 0.189. The largest absolute Gasteiger partial charge is 0.497 e. The number of ether oxygens (including phenoxy) is 1. The number of rotatable bonds is 13. The van der Waals surface area contributed by atoms with Crippen LogP contribution in [0.2, 0.25) is 0 Å². The highest BCUT2D eigenvalue weighted by atomic mass is 16.5. The lowest BCUT2D eigenvalue weighted by atomic mass is 10.0. The average Bonchev–Trinajstić information content (AvgIpc) is 3.70. The minimum absolute atomic E-state index is 0.175. The summed E-state index contributed by atoms with van der Waals surface area (Å²) >= 11 is 0. The van der Waals surface area contributed by atoms with E-state index in [4.69, 9.17) is 9.84 Å². The SMILES string of the molecule is COc1ccc(Cn2c(CCc3ccccc3)nnc2[C@@H](Cc2c[nH]c3ccccc23)NC(=O)CNC(=O)c2ccccc2)cc1. The standard InChI is InChI=1S/C37H36N6O3/c1-46-30-19-16-27(17-20-30)25-43-34(21-18-26-10-4-2-5-11-26)41-42-36(43)33(22-29-23-38-32-15-9-8-14-31(29)32)40-35(44)24-39-37(45)28-12-6-3-7-13-28/h2-17,19-20,23,33,38H,18,21-22,24-25H2,1H3,(H,39,45)(H,40,44)/t33-/m1/s1. The number of aromatic amines is 1. The van der Waals surface area contributed by atoms with Crippen molar-refractivity contribution in [3.63, 3.8) is 0 Å². The fourth-order valence-corrected chi connectivity index (χ4v) is 5.60. The van der Waals surface area contributed by atoms with Crippen molar-refractivity contribution in [1.29, 1.82) is 0 Å². The van der Waals surface area contributed by atoms with Gasteiger partial charge in [-0.3, -0.25) is 9.59 Å². The number of hydrogen-bond donors (Lipinski definition) is 3. The van der Waals surface area contributed by atoms with E-state index in [-0.39, 0.29) is 18.4 Å². The van der Waals surface area contributed by atoms with Crippen LogP contribution >= 0.6 is 0 Å². The average molecular weight is 613 g/mol. The first kappa shape index (κ1) is 30.3. The van der Waals surface area contributed by atoms with Gasteiger partial charge in [0.05, 0.1) is 26.2 Å². The Morgan fingerprint density at radius 3 is 2.30 bits per heavy atom. The lowest BCUT2D eigenvalue weighted by Crippen LogP contribution is -2.40. The van der Waals surface area contributed by atoms with Crippen LogP contribution in [0.3, 0.4) is 0 Å². The summed E-state index contributed by atoms with van der Waals surface area (Å²) in [6, 6.07) is 34.6. The van der Waals surface area contributed by atoms with Crippen molar-refractivity contribution in [3.8, 4) is 5.75 Å². The van der Waals surface area contributed by atoms with Crippen LogP contribution in [0, 0.1) is 0 Å². The zero-order valence-corrected chi connectivity index (χ0v) is 25.6. The van der Waals surface area contributed by atoms with Crippen LogP contribution in [0.25, 0.3) is 10.9 Å². The van der Waals surface area contributed by atoms with Crippen LogP contribution in [0.15, 0.2) is 115 Å². The first-order valence-electron chi connectivity index (χ1n) is 15.3. The summed E-state index contributed by atoms with van der Waals surface area (Å²) in [6.45, 7) is 0.340. The summed E-state index contributed by atoms with van der Waals surface area (Å²) in [5.74, 6) is 1.62. The van der Waals surface area contributed by atoms with Gasteiger partial charge in [0, 0.05) is 35.5 Å². The summed E-state index contributed by atoms with van der Waals surface area (Å²) in [5.41, 5.74) is 4.81. The van der Waals surface area contributed by atoms with Crippen molar-refractivity contribution in [1.82, 2.24) is 30.4 Å². The van der Waals surface area contributed by atoms with Gasteiger partial charge in [-0.1, -0.05) is 78.9 Å². The van der Waals surface area contributed by atoms with E-state index in [1.807, 2.05) is 72.9 Å². The lowest BCUT2D eigenvalue weighted by Gasteiger charge is -2.20. The highest BCUT2D eigenvalue weighted by Gasteiger charge is 2.25. The Hall–Kier alpha value is -5.70. The molecule has 9 heteroatoms. The molecule has 0 radical (unpaired) electrons. The summed E-state index contributed by atoms with van der Waals surface area (Å²) < 4.78 is 7.48. The molecule has 4 aromatic carbocycles. The van der Waals surface area contributed by atoms with Crippen molar-refractivity contribution in [2.45, 2.75) is 31.8 Å². The number of fused-ring (bicyclic) bond motifs is 1. The number of aryl methyl sites for hydroxylation is 2. The Bertz CT molecular complexity index is 1900. The van der Waals surface area contributed by atoms with Gasteiger partial charge in [-0.05, 0) is 53.4 Å². The third-order valence-corrected chi connectivity index (χ3v) is 8.03. The number of carbonyl (C=O) groups is 2. The molecule has 6 rings (SSSR count). The molecule has 0 fully saturated rings. The third-order valence-electron chi connectivity index (χ3n) is 8.03. The number of methoxy groups -OCH3 is 1. The number of para-hydroxylation sites is 1. The molecule has 0 bridgehead atoms. The molecule has 46 heavy (non-hydrogen) atoms. The molecule has 0 spiro atoms. The Morgan fingerprint density at radius 2 is 1.54 bits per heavy atom. The first-order valence-corrected chi connectivity index (χ1v) is 15.3. The van der Waals surface area contributed by atoms with Gasteiger partial charge in [0.15, 0.2) is 5.82 Å². The number of nitrogens with one attached hydrogen (secondary N) is 3. The molecule has 0 aliphatic rings. The third kappa shape index (κ3) is 7.32. The molecule has 9 nitrogen and oxygen atoms in total. The second-order valence-electron chi connectivity index (χ2n) is 11.1. The van der Waals surface area contributed by atoms with Crippen molar-refractivity contribution in [2.24, 2.45) is 0 Å². The molecule has 6 aromatic rings. The second-order valence-corrected chi connectivity index (χ2v) is 11.1. The molecular formula is C37H36N6O3. The van der Waals surface area contributed by atoms with Crippen LogP contribution in [0.5, 0.6) is 5.75 Å². The minimum Gasteiger partial charge on any atom is -0.497 e. The van der Waals surface area contributed by atoms with Gasteiger partial charge in [-0.2, -0.15) is 0 Å². The van der Waals surface area contributed by atoms with Gasteiger partial charge in [0.2, 0.25) is 5.91 Å². The van der Waals surface area contributed by atoms with Gasteiger partial charge in [0.25, 0.3) is 5.91 Å². The van der Waals surface area contributed by atoms with Gasteiger partial charge in [-0.15, -0.1) is 10.2 Å². The quantitative estimate of drug-likeness (QED) is 0.161. The molecule has 0 aliphatic carbocycles. The van der Waals surface area contributed by atoms with Gasteiger partial charge in [0.1, 0.15) is 11.6 Å². The lowest BCUT2D eigenvalue weighted by molar-refractivity contribution is -0.120. The second kappa shape index (κ2) is 14.4. The van der Waals surface area contributed by atoms with E-state index >= 15 is 0 Å². The van der Waals surface area contributed by atoms with Crippen LogP contribution in [-0.4, -0.2) is 45.2 Å². The Kier molecular flexibility index (Phi) is 9.49. The maximum atomic E-state index is 13.4. The molecule has 0 saturated heterocycles. The topological polar surface area (TPSA) is 114 Å². The summed E-state index contributed by atoms with van der Waals surface area (Å²) in [4.78, 5) is 29.4. The van der Waals surface area contributed by atoms with E-state index in [9.17, 15) is 9.59 Å². The van der Waals surface area contributed by atoms with E-state index in [0.717, 1.165) is 40.0 Å². The normalized spacial score (nSPS) is 11.7. The number of hydrogen-bond acceptors (Lipinski definition) is 5. The van der Waals surface area contributed by atoms with Crippen molar-refractivity contribution in [2.75, 3.05) is 13.7 Å². The molecule has 1 atom stereocenters. The molecule has 0 saturated carbocycles. The van der Waals surface area contributed by atoms with Crippen LogP contribution in [-0.2, 0) is 30.6 Å². The van der Waals surface area contributed by atoms with E-state index in [0.29, 0.717) is 30.8 Å². The van der Waals surface area contributed by atoms with Crippen LogP contribution in [0.1, 0.15) is 44.7 Å². The van der Waals surface area contributed by atoms with Gasteiger partial charge in [-0.25, -0.2) is 0 Å². The highest BCUT2D eigenvalue weighted by Crippen LogP contribution is 2.26. The predicted octanol–water partition coefficient (Wildman–Crippen LogP) is 5.43. The molecule has 0 aliphatic heterocycles. The Morgan fingerprint density at radius 1 is 0.826 bits per heavy atom. The summed E-state index contributed by atoms with van der Waals surface area (Å²) in [6.07, 6.45) is 3.92. The summed E-state index contributed by atoms with van der Waals surface area (Å²) in [7, 11) is 1.65. The van der Waals surface area contributed by atoms with Crippen LogP contribution < -0.4 is 15.4 Å². The smallest absolute Gasteiger partial charge is 0.251 e. The van der Waals surface area contributed by atoms with E-state index < -0.39 is 6.04 Å². The maximum absolute atomic E-state index is 13.4. The van der Waals surface area contributed by atoms with Crippen LogP contribution in [0.4, 0.5) is 0 Å². The molecule has 0 unspecified atom stereocenters. The highest BCUT2D eigenvalue weighted by molar-refractivity contribution is 5.96. The maximum Gasteiger partial charge on any atom is 0.251 e. The van der Waals surface area contributed by atoms with E-state index in [2.05, 4.69) is 43.5 Å². The van der Waals surface area contributed by atoms with Crippen molar-refractivity contribution < 1.29 is 14.3 Å². The predicted molar refractivity (Wildman–Crippen MR) is 178 cm³/mol. The van der Waals surface area contributed by atoms with Crippen molar-refractivity contribution >= 4 is 22.7 Å². The molecule has 2 amide bonds. The van der Waals surface area contributed by atoms with Gasteiger partial charge < -0.3 is 24.9 Å². The van der Waals surface area contributed by atoms with Gasteiger partial charge >= 0.3 is 0 Å². The van der Waals surface area contributed by atoms with E-state index in [1.165, 1.54) is 5.56 Å². The molecular weight excluding hydrogens is 576 g/mol. The minimum atomic E-state index is -0.517. The zero-order chi connectivity index (χ0) is 31.7. The Labute approximate surface area is 267 Å². The molecule has 232 valence electrons. The molecule has 3 N–H and O–H groups in total. The fourth-order valence-electron chi connectivity index (χ4n) is 5.60. The Balaban J connectivity index is 1.31. The zero-order valence-electron chi connectivity index (χ0n) is 25.6. The number of benzene rings is 4. The first-order chi connectivity index (χ1) is 22.6. The monoisotopic (exact) mass is 612 g/mol. The number of H-pyrrole nitrogens is 1. The molecule has 2 aromatic heterocycles. The number of amides is 2. The van der Waals surface area contributed by atoms with Crippen molar-refractivity contribution in [3.05, 3.63) is 149 Å². The molecule has 2 heterocycles. The number of nitrogens with zero attached hydrogens (tertiary/aromatic N) is 3.